The zero-order valence-electron chi connectivity index (χ0n) is 15.6. The molecule has 142 valence electrons. The first-order valence-electron chi connectivity index (χ1n) is 8.25. The topological polar surface area (TPSA) is 100 Å². The smallest absolute Gasteiger partial charge is 0.408 e. The number of hydrogen-bond donors (Lipinski definition) is 1. The Morgan fingerprint density at radius 3 is 2.50 bits per heavy atom. The Bertz CT molecular complexity index is 741. The number of carbonyl (C=O) groups excluding carboxylic acids is 2. The number of esters is 1. The lowest BCUT2D eigenvalue weighted by Gasteiger charge is -2.43. The second kappa shape index (κ2) is 6.86. The highest BCUT2D eigenvalue weighted by atomic mass is 16.6. The number of carboxylic acid groups (broad SMARTS) is 1. The second-order valence-corrected chi connectivity index (χ2v) is 7.49. The zero-order valence-corrected chi connectivity index (χ0v) is 15.6. The predicted molar refractivity (Wildman–Crippen MR) is 94.7 cm³/mol. The van der Waals surface area contributed by atoms with Crippen LogP contribution in [0.3, 0.4) is 0 Å². The van der Waals surface area contributed by atoms with Crippen LogP contribution in [-0.4, -0.2) is 52.2 Å². The van der Waals surface area contributed by atoms with Crippen molar-refractivity contribution in [2.24, 2.45) is 0 Å². The summed E-state index contributed by atoms with van der Waals surface area (Å²) in [4.78, 5) is 38.2. The number of ether oxygens (including phenoxy) is 1. The van der Waals surface area contributed by atoms with Gasteiger partial charge < -0.3 is 14.3 Å². The SMILES string of the molecule is CC(C)(C)OC(=O)/C=C/c1ccc(N2CCN(C(=O)O)C(C)(C)C2=O)o1. The normalized spacial score (nSPS) is 17.7. The number of amides is 2. The summed E-state index contributed by atoms with van der Waals surface area (Å²) >= 11 is 0. The van der Waals surface area contributed by atoms with Gasteiger partial charge in [0.2, 0.25) is 5.88 Å². The molecule has 2 heterocycles. The molecule has 8 nitrogen and oxygen atoms in total. The number of carbonyl (C=O) groups is 3. The van der Waals surface area contributed by atoms with Crippen LogP contribution in [0.4, 0.5) is 10.7 Å². The van der Waals surface area contributed by atoms with Crippen molar-refractivity contribution < 1.29 is 28.6 Å². The predicted octanol–water partition coefficient (Wildman–Crippen LogP) is 2.74. The Morgan fingerprint density at radius 1 is 1.27 bits per heavy atom. The molecule has 1 fully saturated rings. The quantitative estimate of drug-likeness (QED) is 0.654. The van der Waals surface area contributed by atoms with Gasteiger partial charge in [-0.2, -0.15) is 0 Å². The van der Waals surface area contributed by atoms with Crippen LogP contribution in [0.15, 0.2) is 22.6 Å². The minimum atomic E-state index is -1.19. The minimum absolute atomic E-state index is 0.178. The first-order valence-corrected chi connectivity index (χ1v) is 8.25. The number of hydrogen-bond acceptors (Lipinski definition) is 5. The highest BCUT2D eigenvalue weighted by molar-refractivity contribution is 6.01. The summed E-state index contributed by atoms with van der Waals surface area (Å²) in [6.45, 7) is 8.80. The van der Waals surface area contributed by atoms with E-state index in [9.17, 15) is 19.5 Å². The summed E-state index contributed by atoms with van der Waals surface area (Å²) in [5.74, 6) is -0.181. The van der Waals surface area contributed by atoms with Crippen LogP contribution >= 0.6 is 0 Å². The van der Waals surface area contributed by atoms with Crippen molar-refractivity contribution in [3.05, 3.63) is 24.0 Å². The third-order valence-electron chi connectivity index (χ3n) is 3.89. The molecule has 1 N–H and O–H groups in total. The maximum absolute atomic E-state index is 12.7. The zero-order chi connectivity index (χ0) is 19.7. The fourth-order valence-electron chi connectivity index (χ4n) is 2.63. The highest BCUT2D eigenvalue weighted by Gasteiger charge is 2.45. The molecule has 0 bridgehead atoms. The highest BCUT2D eigenvalue weighted by Crippen LogP contribution is 2.28. The van der Waals surface area contributed by atoms with E-state index < -0.39 is 23.2 Å². The Morgan fingerprint density at radius 2 is 1.92 bits per heavy atom. The summed E-state index contributed by atoms with van der Waals surface area (Å²) in [5, 5.41) is 9.23. The molecule has 2 amide bonds. The molecule has 0 unspecified atom stereocenters. The van der Waals surface area contributed by atoms with Crippen LogP contribution < -0.4 is 4.90 Å². The van der Waals surface area contributed by atoms with Crippen LogP contribution in [0.25, 0.3) is 6.08 Å². The molecule has 0 radical (unpaired) electrons. The molecule has 0 aliphatic carbocycles. The molecule has 1 saturated heterocycles. The molecule has 0 saturated carbocycles. The maximum Gasteiger partial charge on any atom is 0.408 e. The Labute approximate surface area is 152 Å². The molecular formula is C18H24N2O6. The fraction of sp³-hybridized carbons (Fsp3) is 0.500. The number of nitrogens with zero attached hydrogens (tertiary/aromatic N) is 2. The lowest BCUT2D eigenvalue weighted by molar-refractivity contribution is -0.148. The van der Waals surface area contributed by atoms with E-state index in [2.05, 4.69) is 0 Å². The van der Waals surface area contributed by atoms with Crippen molar-refractivity contribution in [1.82, 2.24) is 4.90 Å². The summed E-state index contributed by atoms with van der Waals surface area (Å²) in [6.07, 6.45) is 1.58. The van der Waals surface area contributed by atoms with E-state index in [-0.39, 0.29) is 19.0 Å². The van der Waals surface area contributed by atoms with Crippen molar-refractivity contribution in [3.63, 3.8) is 0 Å². The first-order chi connectivity index (χ1) is 11.9. The second-order valence-electron chi connectivity index (χ2n) is 7.49. The molecule has 0 aromatic carbocycles. The molecule has 26 heavy (non-hydrogen) atoms. The van der Waals surface area contributed by atoms with E-state index >= 15 is 0 Å². The lowest BCUT2D eigenvalue weighted by atomic mass is 9.98. The Hall–Kier alpha value is -2.77. The van der Waals surface area contributed by atoms with E-state index in [0.29, 0.717) is 11.6 Å². The van der Waals surface area contributed by atoms with Crippen molar-refractivity contribution in [3.8, 4) is 0 Å². The number of anilines is 1. The molecule has 8 heteroatoms. The van der Waals surface area contributed by atoms with Gasteiger partial charge in [-0.1, -0.05) is 0 Å². The van der Waals surface area contributed by atoms with Gasteiger partial charge in [-0.15, -0.1) is 0 Å². The average molecular weight is 364 g/mol. The molecule has 1 aromatic rings. The molecule has 0 atom stereocenters. The lowest BCUT2D eigenvalue weighted by Crippen LogP contribution is -2.64. The molecule has 0 spiro atoms. The van der Waals surface area contributed by atoms with Crippen LogP contribution in [0.5, 0.6) is 0 Å². The fourth-order valence-corrected chi connectivity index (χ4v) is 2.63. The van der Waals surface area contributed by atoms with Crippen molar-refractivity contribution in [2.45, 2.75) is 45.8 Å². The van der Waals surface area contributed by atoms with Crippen LogP contribution in [0.1, 0.15) is 40.4 Å². The number of piperazine rings is 1. The Balaban J connectivity index is 2.11. The molecule has 1 aromatic heterocycles. The van der Waals surface area contributed by atoms with Gasteiger partial charge in [-0.05, 0) is 46.8 Å². The van der Waals surface area contributed by atoms with Gasteiger partial charge >= 0.3 is 12.1 Å². The summed E-state index contributed by atoms with van der Waals surface area (Å²) in [6, 6.07) is 3.24. The van der Waals surface area contributed by atoms with Gasteiger partial charge in [0.05, 0.1) is 0 Å². The molecule has 2 rings (SSSR count). The van der Waals surface area contributed by atoms with Gasteiger partial charge in [-0.3, -0.25) is 14.6 Å². The van der Waals surface area contributed by atoms with E-state index in [1.54, 1.807) is 46.8 Å². The summed E-state index contributed by atoms with van der Waals surface area (Å²) in [5.41, 5.74) is -1.78. The van der Waals surface area contributed by atoms with Crippen LogP contribution in [0, 0.1) is 0 Å². The van der Waals surface area contributed by atoms with Gasteiger partial charge in [0.1, 0.15) is 16.9 Å². The average Bonchev–Trinajstić information content (AvgIpc) is 2.94. The van der Waals surface area contributed by atoms with E-state index in [1.807, 2.05) is 0 Å². The third kappa shape index (κ3) is 4.25. The standard InChI is InChI=1S/C18H24N2O6/c1-17(2,3)26-14(21)9-7-12-6-8-13(25-12)19-10-11-20(16(23)24)18(4,5)15(19)22/h6-9H,10-11H2,1-5H3,(H,23,24)/b9-7+. The van der Waals surface area contributed by atoms with E-state index in [0.717, 1.165) is 4.90 Å². The monoisotopic (exact) mass is 364 g/mol. The molecular weight excluding hydrogens is 340 g/mol. The maximum atomic E-state index is 12.7. The van der Waals surface area contributed by atoms with E-state index in [1.165, 1.54) is 17.1 Å². The van der Waals surface area contributed by atoms with Gasteiger partial charge in [-0.25, -0.2) is 9.59 Å². The summed E-state index contributed by atoms with van der Waals surface area (Å²) in [7, 11) is 0. The van der Waals surface area contributed by atoms with Crippen LogP contribution in [0.2, 0.25) is 0 Å². The Kier molecular flexibility index (Phi) is 5.16. The van der Waals surface area contributed by atoms with Gasteiger partial charge in [0.15, 0.2) is 0 Å². The summed E-state index contributed by atoms with van der Waals surface area (Å²) < 4.78 is 10.8. The third-order valence-corrected chi connectivity index (χ3v) is 3.89. The van der Waals surface area contributed by atoms with Crippen molar-refractivity contribution in [2.75, 3.05) is 18.0 Å². The number of furan rings is 1. The largest absolute Gasteiger partial charge is 0.465 e. The molecule has 1 aliphatic rings. The number of rotatable bonds is 3. The van der Waals surface area contributed by atoms with Gasteiger partial charge in [0.25, 0.3) is 5.91 Å². The van der Waals surface area contributed by atoms with Crippen LogP contribution in [-0.2, 0) is 14.3 Å². The van der Waals surface area contributed by atoms with E-state index in [4.69, 9.17) is 9.15 Å². The van der Waals surface area contributed by atoms with Crippen molar-refractivity contribution >= 4 is 29.9 Å². The van der Waals surface area contributed by atoms with Crippen molar-refractivity contribution in [1.29, 1.82) is 0 Å². The molecule has 1 aliphatic heterocycles. The minimum Gasteiger partial charge on any atom is -0.465 e. The first kappa shape index (κ1) is 19.6. The van der Waals surface area contributed by atoms with Gasteiger partial charge in [0, 0.05) is 25.2 Å².